The van der Waals surface area contributed by atoms with Crippen LogP contribution in [0.15, 0.2) is 105 Å². The maximum absolute atomic E-state index is 13.2. The molecule has 55 heavy (non-hydrogen) atoms. The second-order valence-electron chi connectivity index (χ2n) is 11.5. The second kappa shape index (κ2) is 15.9. The zero-order valence-corrected chi connectivity index (χ0v) is 29.9. The van der Waals surface area contributed by atoms with E-state index < -0.39 is 42.5 Å². The van der Waals surface area contributed by atoms with Crippen LogP contribution in [0.4, 0.5) is 40.6 Å². The molecule has 1 aromatic heterocycles. The van der Waals surface area contributed by atoms with Gasteiger partial charge in [-0.2, -0.15) is 31.8 Å². The van der Waals surface area contributed by atoms with Crippen LogP contribution in [0.5, 0.6) is 5.75 Å². The number of fused-ring (bicyclic) bond motifs is 2. The summed E-state index contributed by atoms with van der Waals surface area (Å²) in [4.78, 5) is 24.6. The van der Waals surface area contributed by atoms with E-state index in [0.717, 1.165) is 12.1 Å². The Morgan fingerprint density at radius 1 is 0.655 bits per heavy atom. The predicted molar refractivity (Wildman–Crippen MR) is 202 cm³/mol. The molecule has 6 rings (SSSR count). The Labute approximate surface area is 312 Å². The molecule has 6 aromatic rings. The van der Waals surface area contributed by atoms with E-state index in [2.05, 4.69) is 46.4 Å². The number of benzene rings is 5. The van der Waals surface area contributed by atoms with E-state index in [4.69, 9.17) is 10.2 Å². The van der Waals surface area contributed by atoms with Crippen LogP contribution in [0.1, 0.15) is 10.4 Å². The summed E-state index contributed by atoms with van der Waals surface area (Å²) in [5, 5.41) is 49.3. The third kappa shape index (κ3) is 8.89. The molecular formula is C34H31N9O10S2. The maximum Gasteiger partial charge on any atom is 0.296 e. The van der Waals surface area contributed by atoms with Crippen LogP contribution < -0.4 is 21.3 Å². The second-order valence-corrected chi connectivity index (χ2v) is 14.3. The van der Waals surface area contributed by atoms with Crippen LogP contribution in [-0.2, 0) is 20.2 Å². The van der Waals surface area contributed by atoms with Gasteiger partial charge in [0.1, 0.15) is 15.5 Å². The van der Waals surface area contributed by atoms with Crippen molar-refractivity contribution >= 4 is 88.3 Å². The van der Waals surface area contributed by atoms with E-state index in [1.54, 1.807) is 24.3 Å². The molecule has 0 atom stereocenters. The molecule has 9 N–H and O–H groups in total. The van der Waals surface area contributed by atoms with Crippen molar-refractivity contribution in [2.45, 2.75) is 9.79 Å². The van der Waals surface area contributed by atoms with E-state index in [1.807, 2.05) is 0 Å². The Morgan fingerprint density at radius 3 is 1.87 bits per heavy atom. The average Bonchev–Trinajstić information content (AvgIpc) is 3.15. The van der Waals surface area contributed by atoms with E-state index in [9.17, 15) is 35.8 Å². The quantitative estimate of drug-likeness (QED) is 0.0538. The van der Waals surface area contributed by atoms with Gasteiger partial charge in [0.25, 0.3) is 26.1 Å². The molecule has 0 bridgehead atoms. The van der Waals surface area contributed by atoms with Crippen LogP contribution in [-0.4, -0.2) is 88.4 Å². The first kappa shape index (κ1) is 38.4. The molecular weight excluding hydrogens is 759 g/mol. The summed E-state index contributed by atoms with van der Waals surface area (Å²) in [6.07, 6.45) is 0. The van der Waals surface area contributed by atoms with Crippen molar-refractivity contribution in [3.05, 3.63) is 90.5 Å². The van der Waals surface area contributed by atoms with Gasteiger partial charge in [0.2, 0.25) is 17.8 Å². The SMILES string of the molecule is O=C(Nc1ccc2c(O)c(/N=N/c3ccc(S(=O)(=O)O)c4ccccc34)c(S(=O)(=O)O)cc2c1)c1ccc(Nc2nc(NCCO)nc(NCCO)n2)cc1. The van der Waals surface area contributed by atoms with Crippen molar-refractivity contribution < 1.29 is 46.1 Å². The number of aliphatic hydroxyl groups is 2. The Morgan fingerprint density at radius 2 is 1.25 bits per heavy atom. The van der Waals surface area contributed by atoms with Gasteiger partial charge in [0.15, 0.2) is 5.75 Å². The standard InChI is InChI=1S/C34H31N9O10S2/c44-15-13-35-32-39-33(36-14-16-45)41-34(40-32)38-21-7-5-19(6-8-21)31(47)37-22-9-10-23-20(17-22)18-28(55(51,52)53)29(30(23)46)43-42-26-11-12-27(54(48,49)50)25-4-2-1-3-24(25)26/h1-12,17-18,44-46H,13-16H2,(H,37,47)(H,48,49,50)(H,51,52,53)(H3,35,36,38,39,40,41)/b43-42+. The molecule has 1 amide bonds. The lowest BCUT2D eigenvalue weighted by molar-refractivity contribution is 0.102. The van der Waals surface area contributed by atoms with Gasteiger partial charge in [-0.25, -0.2) is 0 Å². The van der Waals surface area contributed by atoms with Crippen molar-refractivity contribution in [1.82, 2.24) is 15.0 Å². The van der Waals surface area contributed by atoms with E-state index in [0.29, 0.717) is 5.69 Å². The highest BCUT2D eigenvalue weighted by atomic mass is 32.2. The number of hydrogen-bond donors (Lipinski definition) is 9. The number of nitrogens with zero attached hydrogens (tertiary/aromatic N) is 5. The van der Waals surface area contributed by atoms with Crippen LogP contribution >= 0.6 is 0 Å². The smallest absolute Gasteiger partial charge is 0.296 e. The van der Waals surface area contributed by atoms with E-state index in [1.165, 1.54) is 48.5 Å². The lowest BCUT2D eigenvalue weighted by atomic mass is 10.1. The minimum absolute atomic E-state index is 0.0673. The molecule has 0 unspecified atom stereocenters. The van der Waals surface area contributed by atoms with Crippen LogP contribution in [0.2, 0.25) is 0 Å². The lowest BCUT2D eigenvalue weighted by Crippen LogP contribution is -2.15. The first-order valence-electron chi connectivity index (χ1n) is 16.1. The molecule has 0 radical (unpaired) electrons. The minimum Gasteiger partial charge on any atom is -0.505 e. The number of nitrogens with one attached hydrogen (secondary N) is 4. The van der Waals surface area contributed by atoms with Gasteiger partial charge in [-0.3, -0.25) is 13.9 Å². The summed E-state index contributed by atoms with van der Waals surface area (Å²) < 4.78 is 68.4. The third-order valence-corrected chi connectivity index (χ3v) is 9.59. The summed E-state index contributed by atoms with van der Waals surface area (Å²) in [7, 11) is -9.59. The number of phenols is 1. The van der Waals surface area contributed by atoms with Crippen LogP contribution in [0.3, 0.4) is 0 Å². The number of rotatable bonds is 14. The monoisotopic (exact) mass is 789 g/mol. The third-order valence-electron chi connectivity index (χ3n) is 7.81. The summed E-state index contributed by atoms with van der Waals surface area (Å²) in [6.45, 7) is 0.0801. The van der Waals surface area contributed by atoms with E-state index >= 15 is 0 Å². The molecule has 0 aliphatic rings. The number of aromatic hydroxyl groups is 1. The summed E-state index contributed by atoms with van der Waals surface area (Å²) in [5.74, 6) is -0.690. The highest BCUT2D eigenvalue weighted by Gasteiger charge is 2.23. The Kier molecular flexibility index (Phi) is 11.1. The molecule has 21 heteroatoms. The number of aromatic nitrogens is 3. The summed E-state index contributed by atoms with van der Waals surface area (Å²) in [5.41, 5.74) is 0.440. The molecule has 0 aliphatic carbocycles. The van der Waals surface area contributed by atoms with Gasteiger partial charge in [0, 0.05) is 46.2 Å². The van der Waals surface area contributed by atoms with Crippen molar-refractivity contribution in [2.75, 3.05) is 47.6 Å². The zero-order valence-electron chi connectivity index (χ0n) is 28.2. The molecule has 1 heterocycles. The number of carbonyl (C=O) groups excluding carboxylic acids is 1. The van der Waals surface area contributed by atoms with Gasteiger partial charge in [-0.15, -0.1) is 10.2 Å². The Hall–Kier alpha value is -6.36. The first-order valence-corrected chi connectivity index (χ1v) is 19.0. The largest absolute Gasteiger partial charge is 0.505 e. The number of amides is 1. The van der Waals surface area contributed by atoms with Gasteiger partial charge in [-0.1, -0.05) is 24.3 Å². The Balaban J connectivity index is 1.24. The molecule has 0 saturated heterocycles. The zero-order chi connectivity index (χ0) is 39.3. The number of carbonyl (C=O) groups is 1. The van der Waals surface area contributed by atoms with Gasteiger partial charge >= 0.3 is 0 Å². The summed E-state index contributed by atoms with van der Waals surface area (Å²) in [6, 6.07) is 19.9. The Bertz CT molecular complexity index is 2650. The highest BCUT2D eigenvalue weighted by Crippen LogP contribution is 2.43. The fourth-order valence-electron chi connectivity index (χ4n) is 5.36. The number of hydrogen-bond acceptors (Lipinski definition) is 16. The maximum atomic E-state index is 13.2. The number of aliphatic hydroxyl groups excluding tert-OH is 2. The van der Waals surface area contributed by atoms with Crippen LogP contribution in [0.25, 0.3) is 21.5 Å². The first-order chi connectivity index (χ1) is 26.2. The average molecular weight is 790 g/mol. The van der Waals surface area contributed by atoms with Crippen molar-refractivity contribution in [3.63, 3.8) is 0 Å². The lowest BCUT2D eigenvalue weighted by Gasteiger charge is -2.12. The molecule has 0 aliphatic heterocycles. The van der Waals surface area contributed by atoms with Crippen molar-refractivity contribution in [2.24, 2.45) is 10.2 Å². The number of phenolic OH excluding ortho intramolecular Hbond substituents is 1. The topological polar surface area (TPSA) is 298 Å². The van der Waals surface area contributed by atoms with Gasteiger partial charge < -0.3 is 36.6 Å². The molecule has 284 valence electrons. The molecule has 0 fully saturated rings. The molecule has 19 nitrogen and oxygen atoms in total. The minimum atomic E-state index is -5.00. The summed E-state index contributed by atoms with van der Waals surface area (Å²) >= 11 is 0. The molecule has 0 spiro atoms. The fraction of sp³-hybridized carbons (Fsp3) is 0.118. The van der Waals surface area contributed by atoms with Gasteiger partial charge in [-0.05, 0) is 66.0 Å². The fourth-order valence-corrected chi connectivity index (χ4v) is 6.71. The normalized spacial score (nSPS) is 11.9. The van der Waals surface area contributed by atoms with E-state index in [-0.39, 0.29) is 87.5 Å². The number of anilines is 5. The van der Waals surface area contributed by atoms with Crippen molar-refractivity contribution in [1.29, 1.82) is 0 Å². The molecule has 0 saturated carbocycles. The molecule has 5 aromatic carbocycles. The highest BCUT2D eigenvalue weighted by molar-refractivity contribution is 7.86. The van der Waals surface area contributed by atoms with Crippen molar-refractivity contribution in [3.8, 4) is 5.75 Å². The van der Waals surface area contributed by atoms with Crippen LogP contribution in [0, 0.1) is 0 Å². The van der Waals surface area contributed by atoms with Gasteiger partial charge in [0.05, 0.1) is 18.9 Å². The number of azo groups is 1. The predicted octanol–water partition coefficient (Wildman–Crippen LogP) is 4.60.